The minimum absolute atomic E-state index is 0.619. The van der Waals surface area contributed by atoms with Gasteiger partial charge >= 0.3 is 0 Å². The number of alkyl halides is 1. The van der Waals surface area contributed by atoms with E-state index in [0.29, 0.717) is 5.88 Å². The van der Waals surface area contributed by atoms with Crippen molar-refractivity contribution in [1.82, 2.24) is 20.2 Å². The van der Waals surface area contributed by atoms with Crippen LogP contribution in [0.15, 0.2) is 30.3 Å². The van der Waals surface area contributed by atoms with E-state index in [-0.39, 0.29) is 0 Å². The second-order valence-electron chi connectivity index (χ2n) is 3.13. The van der Waals surface area contributed by atoms with Crippen LogP contribution in [0.1, 0.15) is 6.42 Å². The lowest BCUT2D eigenvalue weighted by Gasteiger charge is -2.02. The fourth-order valence-corrected chi connectivity index (χ4v) is 1.48. The van der Waals surface area contributed by atoms with Crippen LogP contribution in [0.25, 0.3) is 11.4 Å². The molecule has 0 aliphatic heterocycles. The summed E-state index contributed by atoms with van der Waals surface area (Å²) in [5.41, 5.74) is 1.03. The van der Waals surface area contributed by atoms with Gasteiger partial charge in [0.15, 0.2) is 5.82 Å². The Hall–Kier alpha value is -1.42. The highest BCUT2D eigenvalue weighted by atomic mass is 35.5. The average Bonchev–Trinajstić information content (AvgIpc) is 2.75. The smallest absolute Gasteiger partial charge is 0.182 e. The van der Waals surface area contributed by atoms with E-state index in [1.807, 2.05) is 30.3 Å². The number of aryl methyl sites for hydroxylation is 1. The molecule has 0 amide bonds. The van der Waals surface area contributed by atoms with Gasteiger partial charge in [0.1, 0.15) is 0 Å². The maximum Gasteiger partial charge on any atom is 0.182 e. The molecule has 78 valence electrons. The summed E-state index contributed by atoms with van der Waals surface area (Å²) >= 11 is 5.63. The molecular weight excluding hydrogens is 212 g/mol. The Kier molecular flexibility index (Phi) is 3.29. The predicted octanol–water partition coefficient (Wildman–Crippen LogP) is 1.97. The highest BCUT2D eigenvalue weighted by Crippen LogP contribution is 2.14. The van der Waals surface area contributed by atoms with Crippen LogP contribution in [0.2, 0.25) is 0 Å². The highest BCUT2D eigenvalue weighted by Gasteiger charge is 2.06. The minimum Gasteiger partial charge on any atom is -0.225 e. The van der Waals surface area contributed by atoms with E-state index in [1.165, 1.54) is 0 Å². The third-order valence-corrected chi connectivity index (χ3v) is 2.33. The van der Waals surface area contributed by atoms with E-state index in [1.54, 1.807) is 4.68 Å². The van der Waals surface area contributed by atoms with Gasteiger partial charge in [-0.2, -0.15) is 0 Å². The molecule has 1 aromatic carbocycles. The molecule has 0 atom stereocenters. The monoisotopic (exact) mass is 222 g/mol. The van der Waals surface area contributed by atoms with Crippen molar-refractivity contribution in [3.05, 3.63) is 30.3 Å². The van der Waals surface area contributed by atoms with Gasteiger partial charge in [-0.05, 0) is 16.8 Å². The first-order valence-corrected chi connectivity index (χ1v) is 5.33. The molecule has 1 heterocycles. The summed E-state index contributed by atoms with van der Waals surface area (Å²) in [7, 11) is 0. The largest absolute Gasteiger partial charge is 0.225 e. The van der Waals surface area contributed by atoms with Gasteiger partial charge in [0.2, 0.25) is 0 Å². The lowest BCUT2D eigenvalue weighted by atomic mass is 10.2. The number of hydrogen-bond donors (Lipinski definition) is 0. The first kappa shape index (κ1) is 10.1. The van der Waals surface area contributed by atoms with Gasteiger partial charge in [0, 0.05) is 18.0 Å². The van der Waals surface area contributed by atoms with E-state index in [2.05, 4.69) is 15.5 Å². The Morgan fingerprint density at radius 1 is 1.20 bits per heavy atom. The summed E-state index contributed by atoms with van der Waals surface area (Å²) < 4.78 is 1.78. The molecule has 0 aliphatic rings. The van der Waals surface area contributed by atoms with Crippen LogP contribution in [0, 0.1) is 0 Å². The van der Waals surface area contributed by atoms with Gasteiger partial charge in [-0.15, -0.1) is 16.7 Å². The van der Waals surface area contributed by atoms with Crippen LogP contribution in [-0.4, -0.2) is 26.1 Å². The van der Waals surface area contributed by atoms with E-state index < -0.39 is 0 Å². The van der Waals surface area contributed by atoms with Gasteiger partial charge in [0.25, 0.3) is 0 Å². The van der Waals surface area contributed by atoms with Crippen LogP contribution in [0.5, 0.6) is 0 Å². The van der Waals surface area contributed by atoms with Crippen molar-refractivity contribution >= 4 is 11.6 Å². The van der Waals surface area contributed by atoms with E-state index in [4.69, 9.17) is 11.6 Å². The SMILES string of the molecule is ClCCCn1nnnc1-c1ccccc1. The van der Waals surface area contributed by atoms with Crippen LogP contribution in [0.3, 0.4) is 0 Å². The van der Waals surface area contributed by atoms with Crippen LogP contribution in [-0.2, 0) is 6.54 Å². The molecule has 15 heavy (non-hydrogen) atoms. The number of hydrogen-bond acceptors (Lipinski definition) is 3. The zero-order valence-corrected chi connectivity index (χ0v) is 8.93. The molecule has 0 bridgehead atoms. The molecule has 0 saturated carbocycles. The normalized spacial score (nSPS) is 10.5. The number of halogens is 1. The fraction of sp³-hybridized carbons (Fsp3) is 0.300. The Balaban J connectivity index is 2.25. The highest BCUT2D eigenvalue weighted by molar-refractivity contribution is 6.17. The topological polar surface area (TPSA) is 43.6 Å². The van der Waals surface area contributed by atoms with E-state index in [0.717, 1.165) is 24.4 Å². The number of tetrazole rings is 1. The van der Waals surface area contributed by atoms with Crippen molar-refractivity contribution in [2.45, 2.75) is 13.0 Å². The molecule has 2 aromatic rings. The molecule has 5 heteroatoms. The summed E-state index contributed by atoms with van der Waals surface area (Å²) in [4.78, 5) is 0. The molecule has 0 fully saturated rings. The van der Waals surface area contributed by atoms with Gasteiger partial charge < -0.3 is 0 Å². The maximum absolute atomic E-state index is 5.63. The molecule has 2 rings (SSSR count). The molecule has 0 unspecified atom stereocenters. The number of rotatable bonds is 4. The zero-order chi connectivity index (χ0) is 10.5. The van der Waals surface area contributed by atoms with E-state index in [9.17, 15) is 0 Å². The third kappa shape index (κ3) is 2.33. The lowest BCUT2D eigenvalue weighted by molar-refractivity contribution is 0.585. The van der Waals surface area contributed by atoms with Gasteiger partial charge in [-0.1, -0.05) is 30.3 Å². The first-order valence-electron chi connectivity index (χ1n) is 4.79. The van der Waals surface area contributed by atoms with Crippen molar-refractivity contribution < 1.29 is 0 Å². The first-order chi connectivity index (χ1) is 7.42. The molecule has 1 aromatic heterocycles. The molecule has 0 aliphatic carbocycles. The standard InChI is InChI=1S/C10H11ClN4/c11-7-4-8-15-10(12-13-14-15)9-5-2-1-3-6-9/h1-3,5-6H,4,7-8H2. The summed E-state index contributed by atoms with van der Waals surface area (Å²) in [6, 6.07) is 9.88. The third-order valence-electron chi connectivity index (χ3n) is 2.07. The molecule has 0 radical (unpaired) electrons. The Morgan fingerprint density at radius 2 is 2.00 bits per heavy atom. The van der Waals surface area contributed by atoms with Crippen molar-refractivity contribution in [1.29, 1.82) is 0 Å². The van der Waals surface area contributed by atoms with E-state index >= 15 is 0 Å². The summed E-state index contributed by atoms with van der Waals surface area (Å²) in [6.07, 6.45) is 0.867. The number of benzene rings is 1. The maximum atomic E-state index is 5.63. The summed E-state index contributed by atoms with van der Waals surface area (Å²) in [5.74, 6) is 1.41. The van der Waals surface area contributed by atoms with Crippen molar-refractivity contribution in [3.63, 3.8) is 0 Å². The molecular formula is C10H11ClN4. The Labute approximate surface area is 92.9 Å². The fourth-order valence-electron chi connectivity index (χ4n) is 1.36. The molecule has 4 nitrogen and oxygen atoms in total. The molecule has 0 saturated heterocycles. The Morgan fingerprint density at radius 3 is 2.73 bits per heavy atom. The predicted molar refractivity (Wildman–Crippen MR) is 58.6 cm³/mol. The van der Waals surface area contributed by atoms with Crippen LogP contribution in [0.4, 0.5) is 0 Å². The second-order valence-corrected chi connectivity index (χ2v) is 3.51. The average molecular weight is 223 g/mol. The van der Waals surface area contributed by atoms with Crippen LogP contribution < -0.4 is 0 Å². The number of aromatic nitrogens is 4. The van der Waals surface area contributed by atoms with Crippen molar-refractivity contribution in [2.24, 2.45) is 0 Å². The van der Waals surface area contributed by atoms with Crippen LogP contribution >= 0.6 is 11.6 Å². The molecule has 0 spiro atoms. The summed E-state index contributed by atoms with van der Waals surface area (Å²) in [5, 5.41) is 11.6. The lowest BCUT2D eigenvalue weighted by Crippen LogP contribution is -2.03. The molecule has 0 N–H and O–H groups in total. The minimum atomic E-state index is 0.619. The van der Waals surface area contributed by atoms with Gasteiger partial charge in [0.05, 0.1) is 0 Å². The van der Waals surface area contributed by atoms with Gasteiger partial charge in [-0.25, -0.2) is 4.68 Å². The summed E-state index contributed by atoms with van der Waals surface area (Å²) in [6.45, 7) is 0.751. The number of nitrogens with zero attached hydrogens (tertiary/aromatic N) is 4. The van der Waals surface area contributed by atoms with Gasteiger partial charge in [-0.3, -0.25) is 0 Å². The second kappa shape index (κ2) is 4.89. The Bertz CT molecular complexity index is 412. The zero-order valence-electron chi connectivity index (χ0n) is 8.17. The quantitative estimate of drug-likeness (QED) is 0.743. The van der Waals surface area contributed by atoms with Crippen molar-refractivity contribution in [2.75, 3.05) is 5.88 Å². The van der Waals surface area contributed by atoms with Crippen molar-refractivity contribution in [3.8, 4) is 11.4 Å².